The molecular weight excluding hydrogens is 240 g/mol. The molecule has 1 amide bonds. The minimum Gasteiger partial charge on any atom is -0.385 e. The van der Waals surface area contributed by atoms with Crippen molar-refractivity contribution in [2.75, 3.05) is 26.8 Å². The quantitative estimate of drug-likeness (QED) is 0.596. The molecule has 0 unspecified atom stereocenters. The number of methoxy groups -OCH3 is 1. The molecule has 0 saturated heterocycles. The van der Waals surface area contributed by atoms with Crippen LogP contribution in [0.3, 0.4) is 0 Å². The first-order valence-corrected chi connectivity index (χ1v) is 6.34. The van der Waals surface area contributed by atoms with Gasteiger partial charge in [-0.1, -0.05) is 24.0 Å². The summed E-state index contributed by atoms with van der Waals surface area (Å²) in [7, 11) is 1.67. The second-order valence-corrected chi connectivity index (χ2v) is 4.01. The summed E-state index contributed by atoms with van der Waals surface area (Å²) in [6, 6.07) is 7.27. The van der Waals surface area contributed by atoms with Crippen LogP contribution in [0.1, 0.15) is 28.8 Å². The van der Waals surface area contributed by atoms with E-state index in [1.165, 1.54) is 0 Å². The molecule has 4 heteroatoms. The van der Waals surface area contributed by atoms with E-state index in [9.17, 15) is 4.79 Å². The van der Waals surface area contributed by atoms with Crippen molar-refractivity contribution in [1.82, 2.24) is 5.32 Å². The Hall–Kier alpha value is -1.83. The topological polar surface area (TPSA) is 64.3 Å². The molecular formula is C15H20N2O2. The first-order valence-electron chi connectivity index (χ1n) is 6.34. The predicted molar refractivity (Wildman–Crippen MR) is 75.8 cm³/mol. The minimum atomic E-state index is -0.0978. The standard InChI is InChI=1S/C15H20N2O2/c1-19-12-5-4-11-17-15(18)14-9-3-2-7-13(14)8-6-10-16/h2-3,7,9H,4-5,10-12,16H2,1H3,(H,17,18). The Morgan fingerprint density at radius 3 is 2.89 bits per heavy atom. The summed E-state index contributed by atoms with van der Waals surface area (Å²) in [6.07, 6.45) is 1.83. The molecule has 0 heterocycles. The fourth-order valence-electron chi connectivity index (χ4n) is 1.60. The Balaban J connectivity index is 2.56. The highest BCUT2D eigenvalue weighted by Gasteiger charge is 2.08. The van der Waals surface area contributed by atoms with Gasteiger partial charge in [-0.2, -0.15) is 0 Å². The number of benzene rings is 1. The number of carbonyl (C=O) groups excluding carboxylic acids is 1. The van der Waals surface area contributed by atoms with E-state index in [1.54, 1.807) is 13.2 Å². The largest absolute Gasteiger partial charge is 0.385 e. The third-order valence-electron chi connectivity index (χ3n) is 2.56. The highest BCUT2D eigenvalue weighted by Crippen LogP contribution is 2.07. The number of carbonyl (C=O) groups is 1. The lowest BCUT2D eigenvalue weighted by molar-refractivity contribution is 0.0951. The van der Waals surface area contributed by atoms with Crippen LogP contribution < -0.4 is 11.1 Å². The lowest BCUT2D eigenvalue weighted by atomic mass is 10.1. The molecule has 3 N–H and O–H groups in total. The number of hydrogen-bond acceptors (Lipinski definition) is 3. The molecule has 0 spiro atoms. The van der Waals surface area contributed by atoms with Crippen LogP contribution >= 0.6 is 0 Å². The zero-order valence-corrected chi connectivity index (χ0v) is 11.2. The zero-order chi connectivity index (χ0) is 13.9. The van der Waals surface area contributed by atoms with Crippen LogP contribution in [-0.4, -0.2) is 32.7 Å². The molecule has 1 aromatic rings. The van der Waals surface area contributed by atoms with E-state index >= 15 is 0 Å². The van der Waals surface area contributed by atoms with Gasteiger partial charge in [0.2, 0.25) is 0 Å². The fourth-order valence-corrected chi connectivity index (χ4v) is 1.60. The van der Waals surface area contributed by atoms with Crippen LogP contribution in [0.4, 0.5) is 0 Å². The molecule has 1 aromatic carbocycles. The maximum atomic E-state index is 12.0. The van der Waals surface area contributed by atoms with Crippen molar-refractivity contribution in [3.05, 3.63) is 35.4 Å². The van der Waals surface area contributed by atoms with Crippen molar-refractivity contribution < 1.29 is 9.53 Å². The van der Waals surface area contributed by atoms with Crippen LogP contribution in [-0.2, 0) is 4.74 Å². The van der Waals surface area contributed by atoms with Crippen molar-refractivity contribution in [2.45, 2.75) is 12.8 Å². The zero-order valence-electron chi connectivity index (χ0n) is 11.2. The van der Waals surface area contributed by atoms with E-state index in [4.69, 9.17) is 10.5 Å². The molecule has 0 radical (unpaired) electrons. The summed E-state index contributed by atoms with van der Waals surface area (Å²) in [5.41, 5.74) is 6.65. The van der Waals surface area contributed by atoms with Crippen LogP contribution in [0.15, 0.2) is 24.3 Å². The number of nitrogens with two attached hydrogens (primary N) is 1. The molecule has 102 valence electrons. The SMILES string of the molecule is COCCCCNC(=O)c1ccccc1C#CCN. The van der Waals surface area contributed by atoms with Gasteiger partial charge in [-0.25, -0.2) is 0 Å². The van der Waals surface area contributed by atoms with Gasteiger partial charge in [-0.3, -0.25) is 4.79 Å². The molecule has 0 saturated carbocycles. The van der Waals surface area contributed by atoms with Crippen molar-refractivity contribution in [3.8, 4) is 11.8 Å². The van der Waals surface area contributed by atoms with E-state index in [1.807, 2.05) is 18.2 Å². The van der Waals surface area contributed by atoms with E-state index in [2.05, 4.69) is 17.2 Å². The van der Waals surface area contributed by atoms with Gasteiger partial charge in [0, 0.05) is 25.8 Å². The molecule has 0 fully saturated rings. The van der Waals surface area contributed by atoms with E-state index in [0.29, 0.717) is 24.3 Å². The van der Waals surface area contributed by atoms with Crippen LogP contribution in [0, 0.1) is 11.8 Å². The predicted octanol–water partition coefficient (Wildman–Crippen LogP) is 1.15. The Kier molecular flexibility index (Phi) is 7.33. The van der Waals surface area contributed by atoms with Crippen LogP contribution in [0.25, 0.3) is 0 Å². The monoisotopic (exact) mass is 260 g/mol. The van der Waals surface area contributed by atoms with Gasteiger partial charge in [0.15, 0.2) is 0 Å². The van der Waals surface area contributed by atoms with Crippen molar-refractivity contribution in [2.24, 2.45) is 5.73 Å². The van der Waals surface area contributed by atoms with E-state index in [0.717, 1.165) is 12.8 Å². The molecule has 0 bridgehead atoms. The minimum absolute atomic E-state index is 0.0978. The Morgan fingerprint density at radius 1 is 1.37 bits per heavy atom. The Labute approximate surface area is 114 Å². The summed E-state index contributed by atoms with van der Waals surface area (Å²) in [5, 5.41) is 2.88. The van der Waals surface area contributed by atoms with Crippen molar-refractivity contribution >= 4 is 5.91 Å². The summed E-state index contributed by atoms with van der Waals surface area (Å²) < 4.78 is 4.95. The number of hydrogen-bond donors (Lipinski definition) is 2. The average molecular weight is 260 g/mol. The molecule has 1 rings (SSSR count). The third-order valence-corrected chi connectivity index (χ3v) is 2.56. The van der Waals surface area contributed by atoms with Gasteiger partial charge in [0.25, 0.3) is 5.91 Å². The smallest absolute Gasteiger partial charge is 0.252 e. The van der Waals surface area contributed by atoms with Gasteiger partial charge in [-0.05, 0) is 25.0 Å². The van der Waals surface area contributed by atoms with Gasteiger partial charge in [0.1, 0.15) is 0 Å². The molecule has 0 atom stereocenters. The van der Waals surface area contributed by atoms with Crippen molar-refractivity contribution in [3.63, 3.8) is 0 Å². The summed E-state index contributed by atoms with van der Waals surface area (Å²) in [6.45, 7) is 1.64. The number of amides is 1. The third kappa shape index (κ3) is 5.56. The molecule has 0 aromatic heterocycles. The highest BCUT2D eigenvalue weighted by atomic mass is 16.5. The lowest BCUT2D eigenvalue weighted by Gasteiger charge is -2.06. The van der Waals surface area contributed by atoms with Crippen molar-refractivity contribution in [1.29, 1.82) is 0 Å². The molecule has 0 aliphatic carbocycles. The lowest BCUT2D eigenvalue weighted by Crippen LogP contribution is -2.25. The molecule has 0 aliphatic heterocycles. The maximum Gasteiger partial charge on any atom is 0.252 e. The van der Waals surface area contributed by atoms with Gasteiger partial charge < -0.3 is 15.8 Å². The molecule has 19 heavy (non-hydrogen) atoms. The second kappa shape index (κ2) is 9.15. The first-order chi connectivity index (χ1) is 9.29. The maximum absolute atomic E-state index is 12.0. The van der Waals surface area contributed by atoms with Gasteiger partial charge >= 0.3 is 0 Å². The van der Waals surface area contributed by atoms with Gasteiger partial charge in [0.05, 0.1) is 12.1 Å². The van der Waals surface area contributed by atoms with Gasteiger partial charge in [-0.15, -0.1) is 0 Å². The van der Waals surface area contributed by atoms with E-state index in [-0.39, 0.29) is 12.5 Å². The number of ether oxygens (including phenoxy) is 1. The second-order valence-electron chi connectivity index (χ2n) is 4.01. The summed E-state index contributed by atoms with van der Waals surface area (Å²) >= 11 is 0. The summed E-state index contributed by atoms with van der Waals surface area (Å²) in [4.78, 5) is 12.0. The number of rotatable bonds is 6. The highest BCUT2D eigenvalue weighted by molar-refractivity contribution is 5.96. The Bertz CT molecular complexity index is 461. The average Bonchev–Trinajstić information content (AvgIpc) is 2.45. The normalized spacial score (nSPS) is 9.58. The summed E-state index contributed by atoms with van der Waals surface area (Å²) in [5.74, 6) is 5.58. The fraction of sp³-hybridized carbons (Fsp3) is 0.400. The van der Waals surface area contributed by atoms with Crippen LogP contribution in [0.2, 0.25) is 0 Å². The molecule has 0 aliphatic rings. The first kappa shape index (κ1) is 15.2. The van der Waals surface area contributed by atoms with Crippen LogP contribution in [0.5, 0.6) is 0 Å². The Morgan fingerprint density at radius 2 is 2.16 bits per heavy atom. The number of unbranched alkanes of at least 4 members (excludes halogenated alkanes) is 1. The molecule has 4 nitrogen and oxygen atoms in total. The van der Waals surface area contributed by atoms with E-state index < -0.39 is 0 Å². The number of nitrogens with one attached hydrogen (secondary N) is 1.